The van der Waals surface area contributed by atoms with Gasteiger partial charge >= 0.3 is 0 Å². The summed E-state index contributed by atoms with van der Waals surface area (Å²) in [6.45, 7) is 8.28. The maximum absolute atomic E-state index is 14.1. The number of anilines is 1. The molecule has 6 amide bonds. The summed E-state index contributed by atoms with van der Waals surface area (Å²) in [5.74, 6) is -2.81. The summed E-state index contributed by atoms with van der Waals surface area (Å²) in [7, 11) is -3.55. The molecule has 0 radical (unpaired) electrons. The van der Waals surface area contributed by atoms with Gasteiger partial charge in [0.15, 0.2) is 5.13 Å². The molecule has 22 heteroatoms. The number of nitrogens with zero attached hydrogens (tertiary/aromatic N) is 5. The second kappa shape index (κ2) is 22.6. The van der Waals surface area contributed by atoms with Gasteiger partial charge in [-0.15, -0.1) is 22.7 Å². The van der Waals surface area contributed by atoms with Gasteiger partial charge < -0.3 is 36.6 Å². The van der Waals surface area contributed by atoms with Crippen molar-refractivity contribution in [1.29, 1.82) is 0 Å². The monoisotopic (exact) mass is 1060 g/mol. The first-order valence-corrected chi connectivity index (χ1v) is 27.5. The van der Waals surface area contributed by atoms with Crippen LogP contribution in [0.2, 0.25) is 0 Å². The number of nitrogens with one attached hydrogen (secondary N) is 5. The molecule has 5 heterocycles. The SMILES string of the molecule is Cc1ncsc1-c1ccc(CNC(=O)[C@@H]2C[C@@H](O)CN2C(=O)[C@@H](NC(=O)CN2CC(C(=O)NCc3cccc(-c4cccc(-c5csc(NC(=O)CNC(=O)c6ccn(S(C)(=O)=O)c6)n5)c4)c3)C2)C(C)(C)C)cc1. The maximum atomic E-state index is 14.1. The van der Waals surface area contributed by atoms with Crippen LogP contribution in [0.3, 0.4) is 0 Å². The van der Waals surface area contributed by atoms with Crippen molar-refractivity contribution < 1.29 is 42.3 Å². The first-order chi connectivity index (χ1) is 35.2. The highest BCUT2D eigenvalue weighted by molar-refractivity contribution is 7.89. The number of aromatic nitrogens is 3. The highest BCUT2D eigenvalue weighted by Crippen LogP contribution is 2.31. The van der Waals surface area contributed by atoms with E-state index in [-0.39, 0.29) is 68.3 Å². The fraction of sp³-hybridized carbons (Fsp3) is 0.346. The number of benzene rings is 3. The van der Waals surface area contributed by atoms with Crippen LogP contribution >= 0.6 is 22.7 Å². The number of carbonyl (C=O) groups excluding carboxylic acids is 6. The minimum absolute atomic E-state index is 0.0249. The number of rotatable bonds is 18. The lowest BCUT2D eigenvalue weighted by molar-refractivity contribution is -0.144. The number of hydrogen-bond acceptors (Lipinski definition) is 14. The van der Waals surface area contributed by atoms with Gasteiger partial charge in [-0.25, -0.2) is 18.4 Å². The molecule has 19 nitrogen and oxygen atoms in total. The van der Waals surface area contributed by atoms with Gasteiger partial charge in [-0.05, 0) is 58.4 Å². The Bertz CT molecular complexity index is 3170. The van der Waals surface area contributed by atoms with Crippen LogP contribution < -0.4 is 26.6 Å². The van der Waals surface area contributed by atoms with Crippen molar-refractivity contribution >= 4 is 73.3 Å². The molecular weight excluding hydrogens is 1000 g/mol. The summed E-state index contributed by atoms with van der Waals surface area (Å²) in [6, 6.07) is 22.8. The van der Waals surface area contributed by atoms with E-state index in [4.69, 9.17) is 0 Å². The average molecular weight is 1060 g/mol. The molecule has 0 unspecified atom stereocenters. The topological polar surface area (TPSA) is 254 Å². The lowest BCUT2D eigenvalue weighted by Crippen LogP contribution is -2.60. The number of hydrogen-bond donors (Lipinski definition) is 6. The minimum Gasteiger partial charge on any atom is -0.391 e. The van der Waals surface area contributed by atoms with Crippen LogP contribution in [0.1, 0.15) is 54.4 Å². The van der Waals surface area contributed by atoms with E-state index in [0.717, 1.165) is 54.2 Å². The zero-order valence-corrected chi connectivity index (χ0v) is 43.9. The van der Waals surface area contributed by atoms with Crippen molar-refractivity contribution in [2.45, 2.75) is 65.4 Å². The van der Waals surface area contributed by atoms with E-state index in [0.29, 0.717) is 23.9 Å². The quantitative estimate of drug-likeness (QED) is 0.0707. The summed E-state index contributed by atoms with van der Waals surface area (Å²) < 4.78 is 24.3. The zero-order valence-electron chi connectivity index (χ0n) is 41.5. The predicted molar refractivity (Wildman–Crippen MR) is 282 cm³/mol. The minimum atomic E-state index is -3.55. The molecule has 6 N–H and O–H groups in total. The van der Waals surface area contributed by atoms with Gasteiger partial charge in [-0.1, -0.05) is 81.4 Å². The molecule has 3 aromatic carbocycles. The lowest BCUT2D eigenvalue weighted by atomic mass is 9.85. The standard InChI is InChI=1S/C52H58N10O9S3/c1-31-45(73-30-56-31)34-14-12-32(13-15-34)21-54-49(68)42-20-40(63)27-62(42)50(69)46(52(2,3)4)58-44(65)28-60-24-39(25-60)48(67)53-22-33-8-6-9-35(18-33)36-10-7-11-37(19-36)41-29-72-51(57-41)59-43(64)23-55-47(66)38-16-17-61(26-38)74(5,70)71/h6-19,26,29-30,39-40,42,46,63H,20-25,27-28H2,1-5H3,(H,53,67)(H,54,68)(H,55,66)(H,58,65)(H,57,59,64)/t40-,42+,46-/m1/s1. The Kier molecular flexibility index (Phi) is 16.2. The molecule has 2 aliphatic heterocycles. The van der Waals surface area contributed by atoms with E-state index in [1.807, 2.05) is 105 Å². The molecule has 0 aliphatic carbocycles. The van der Waals surface area contributed by atoms with Crippen LogP contribution in [-0.4, -0.2) is 130 Å². The molecule has 3 aromatic heterocycles. The average Bonchev–Trinajstić information content (AvgIpc) is 4.20. The molecule has 3 atom stereocenters. The van der Waals surface area contributed by atoms with Crippen molar-refractivity contribution in [2.75, 3.05) is 44.3 Å². The van der Waals surface area contributed by atoms with Gasteiger partial charge in [0, 0.05) is 62.5 Å². The first-order valence-electron chi connectivity index (χ1n) is 23.9. The Labute approximate surface area is 436 Å². The van der Waals surface area contributed by atoms with Gasteiger partial charge in [0.25, 0.3) is 5.91 Å². The van der Waals surface area contributed by atoms with Crippen molar-refractivity contribution in [3.05, 3.63) is 125 Å². The highest BCUT2D eigenvalue weighted by Gasteiger charge is 2.45. The van der Waals surface area contributed by atoms with Crippen LogP contribution in [0.5, 0.6) is 0 Å². The molecule has 2 fully saturated rings. The number of likely N-dealkylation sites (tertiary alicyclic amines) is 2. The molecule has 8 rings (SSSR count). The zero-order chi connectivity index (χ0) is 52.9. The molecule has 0 spiro atoms. The lowest BCUT2D eigenvalue weighted by Gasteiger charge is -2.39. The fourth-order valence-corrected chi connectivity index (χ4v) is 10.8. The summed E-state index contributed by atoms with van der Waals surface area (Å²) in [5.41, 5.74) is 8.18. The smallest absolute Gasteiger partial charge is 0.253 e. The maximum Gasteiger partial charge on any atom is 0.253 e. The summed E-state index contributed by atoms with van der Waals surface area (Å²) >= 11 is 2.78. The van der Waals surface area contributed by atoms with Gasteiger partial charge in [-0.3, -0.25) is 37.6 Å². The largest absolute Gasteiger partial charge is 0.391 e. The summed E-state index contributed by atoms with van der Waals surface area (Å²) in [4.78, 5) is 92.6. The number of aliphatic hydroxyl groups is 1. The van der Waals surface area contributed by atoms with E-state index in [2.05, 4.69) is 36.6 Å². The van der Waals surface area contributed by atoms with Crippen molar-refractivity contribution in [1.82, 2.24) is 45.0 Å². The molecule has 6 aromatic rings. The number of aryl methyl sites for hydroxylation is 1. The van der Waals surface area contributed by atoms with Gasteiger partial charge in [0.2, 0.25) is 39.6 Å². The van der Waals surface area contributed by atoms with E-state index in [1.165, 1.54) is 34.7 Å². The Morgan fingerprint density at radius 1 is 0.811 bits per heavy atom. The fourth-order valence-electron chi connectivity index (χ4n) is 8.71. The number of aliphatic hydroxyl groups excluding tert-OH is 1. The van der Waals surface area contributed by atoms with Crippen molar-refractivity contribution in [3.8, 4) is 32.8 Å². The van der Waals surface area contributed by atoms with Crippen LogP contribution in [0.15, 0.2) is 102 Å². The molecule has 0 bridgehead atoms. The van der Waals surface area contributed by atoms with Crippen LogP contribution in [0.4, 0.5) is 5.13 Å². The Hall–Kier alpha value is -7.11. The molecule has 388 valence electrons. The second-order valence-corrected chi connectivity index (χ2v) is 23.2. The molecule has 2 aliphatic rings. The molecule has 2 saturated heterocycles. The number of thiazole rings is 2. The van der Waals surface area contributed by atoms with Gasteiger partial charge in [0.1, 0.15) is 12.1 Å². The third-order valence-electron chi connectivity index (χ3n) is 12.8. The van der Waals surface area contributed by atoms with E-state index in [1.54, 1.807) is 22.2 Å². The van der Waals surface area contributed by atoms with Gasteiger partial charge in [-0.2, -0.15) is 0 Å². The third kappa shape index (κ3) is 13.2. The Balaban J connectivity index is 0.778. The summed E-state index contributed by atoms with van der Waals surface area (Å²) in [6.07, 6.45) is 2.61. The predicted octanol–water partition coefficient (Wildman–Crippen LogP) is 4.24. The number of amides is 6. The van der Waals surface area contributed by atoms with Crippen LogP contribution in [-0.2, 0) is 47.1 Å². The number of β-amino-alcohol motifs (C(OH)–C–C–N with tert-alkyl or cyclic N) is 1. The molecule has 0 saturated carbocycles. The third-order valence-corrected chi connectivity index (χ3v) is 15.5. The van der Waals surface area contributed by atoms with Crippen molar-refractivity contribution in [3.63, 3.8) is 0 Å². The van der Waals surface area contributed by atoms with E-state index >= 15 is 0 Å². The van der Waals surface area contributed by atoms with E-state index in [9.17, 15) is 42.3 Å². The van der Waals surface area contributed by atoms with Crippen molar-refractivity contribution in [2.24, 2.45) is 11.3 Å². The summed E-state index contributed by atoms with van der Waals surface area (Å²) in [5, 5.41) is 26.8. The highest BCUT2D eigenvalue weighted by atomic mass is 32.2. The van der Waals surface area contributed by atoms with Crippen LogP contribution in [0.25, 0.3) is 32.8 Å². The molecular formula is C52H58N10O9S3. The Morgan fingerprint density at radius 2 is 1.50 bits per heavy atom. The normalized spacial score (nSPS) is 16.5. The molecule has 74 heavy (non-hydrogen) atoms. The second-order valence-electron chi connectivity index (χ2n) is 19.6. The van der Waals surface area contributed by atoms with Crippen LogP contribution in [0, 0.1) is 18.3 Å². The first kappa shape index (κ1) is 53.2. The number of carbonyl (C=O) groups is 6. The Morgan fingerprint density at radius 3 is 2.19 bits per heavy atom. The van der Waals surface area contributed by atoms with Gasteiger partial charge in [0.05, 0.1) is 58.7 Å². The van der Waals surface area contributed by atoms with E-state index < -0.39 is 51.3 Å².